The molecule has 1 aromatic rings. The predicted molar refractivity (Wildman–Crippen MR) is 73.7 cm³/mol. The van der Waals surface area contributed by atoms with Crippen LogP contribution in [0.15, 0.2) is 12.1 Å². The van der Waals surface area contributed by atoms with Crippen LogP contribution in [-0.2, 0) is 15.0 Å². The van der Waals surface area contributed by atoms with E-state index in [0.717, 1.165) is 5.56 Å². The number of rotatable bonds is 4. The zero-order chi connectivity index (χ0) is 14.6. The molecule has 0 aromatic heterocycles. The zero-order valence-electron chi connectivity index (χ0n) is 12.3. The molecule has 0 aliphatic heterocycles. The van der Waals surface area contributed by atoms with Crippen LogP contribution in [0.1, 0.15) is 36.7 Å². The molecule has 0 radical (unpaired) electrons. The zero-order valence-corrected chi connectivity index (χ0v) is 12.3. The maximum Gasteiger partial charge on any atom is 0.341 e. The fraction of sp³-hybridized carbons (Fsp3) is 0.500. The molecule has 0 saturated carbocycles. The molecule has 1 rings (SSSR count). The van der Waals surface area contributed by atoms with Crippen LogP contribution in [-0.4, -0.2) is 27.3 Å². The summed E-state index contributed by atoms with van der Waals surface area (Å²) >= 11 is 0. The topological polar surface area (TPSA) is 56.8 Å². The maximum atomic E-state index is 11.9. The van der Waals surface area contributed by atoms with E-state index < -0.39 is 5.97 Å². The van der Waals surface area contributed by atoms with E-state index in [1.54, 1.807) is 6.07 Å². The number of methoxy groups -OCH3 is 2. The number of hydrogen-bond donors (Lipinski definition) is 1. The minimum Gasteiger partial charge on any atom is -0.494 e. The smallest absolute Gasteiger partial charge is 0.341 e. The van der Waals surface area contributed by atoms with E-state index in [4.69, 9.17) is 14.3 Å². The number of nitrogens with one attached hydrogen (secondary N) is 1. The van der Waals surface area contributed by atoms with Gasteiger partial charge in [0, 0.05) is 0 Å². The molecule has 106 valence electrons. The van der Waals surface area contributed by atoms with Crippen LogP contribution >= 0.6 is 0 Å². The number of carbonyl (C=O) groups is 1. The highest BCUT2D eigenvalue weighted by Gasteiger charge is 2.23. The molecule has 1 aromatic carbocycles. The second-order valence-electron chi connectivity index (χ2n) is 5.15. The van der Waals surface area contributed by atoms with Crippen LogP contribution < -0.4 is 10.2 Å². The van der Waals surface area contributed by atoms with Crippen molar-refractivity contribution < 1.29 is 19.1 Å². The number of benzene rings is 1. The second kappa shape index (κ2) is 5.93. The summed E-state index contributed by atoms with van der Waals surface area (Å²) in [5.74, 6) is -0.0381. The Morgan fingerprint density at radius 1 is 1.16 bits per heavy atom. The summed E-state index contributed by atoms with van der Waals surface area (Å²) < 4.78 is 10.1. The quantitative estimate of drug-likeness (QED) is 0.671. The fourth-order valence-electron chi connectivity index (χ4n) is 1.73. The van der Waals surface area contributed by atoms with Crippen LogP contribution in [0.5, 0.6) is 5.75 Å². The third-order valence-electron chi connectivity index (χ3n) is 2.78. The Balaban J connectivity index is 3.49. The van der Waals surface area contributed by atoms with E-state index in [-0.39, 0.29) is 5.41 Å². The van der Waals surface area contributed by atoms with Crippen molar-refractivity contribution in [2.75, 3.05) is 26.8 Å². The average Bonchev–Trinajstić information content (AvgIpc) is 2.36. The van der Waals surface area contributed by atoms with Gasteiger partial charge >= 0.3 is 5.97 Å². The first-order valence-corrected chi connectivity index (χ1v) is 5.95. The van der Waals surface area contributed by atoms with Crippen LogP contribution in [0.3, 0.4) is 0 Å². The average molecular weight is 267 g/mol. The fourth-order valence-corrected chi connectivity index (χ4v) is 1.73. The lowest BCUT2D eigenvalue weighted by atomic mass is 9.85. The van der Waals surface area contributed by atoms with E-state index in [2.05, 4.69) is 26.3 Å². The van der Waals surface area contributed by atoms with E-state index in [1.165, 1.54) is 21.3 Å². The first-order chi connectivity index (χ1) is 8.85. The molecule has 0 amide bonds. The molecular formula is C14H21NO4. The molecule has 0 spiro atoms. The Bertz CT molecular complexity index is 463. The Morgan fingerprint density at radius 2 is 1.79 bits per heavy atom. The summed E-state index contributed by atoms with van der Waals surface area (Å²) in [7, 11) is 4.34. The van der Waals surface area contributed by atoms with Gasteiger partial charge in [-0.2, -0.15) is 0 Å². The standard InChI is InChI=1S/C14H21NO4/c1-14(2,3)9-7-10(13(16)18-5)12(17-4)11(8-9)15-19-6/h7-8,15H,1-6H3. The highest BCUT2D eigenvalue weighted by atomic mass is 16.6. The molecule has 0 unspecified atom stereocenters. The summed E-state index contributed by atoms with van der Waals surface area (Å²) in [5, 5.41) is 0. The lowest BCUT2D eigenvalue weighted by molar-refractivity contribution is 0.0597. The third-order valence-corrected chi connectivity index (χ3v) is 2.78. The number of ether oxygens (including phenoxy) is 2. The lowest BCUT2D eigenvalue weighted by Crippen LogP contribution is -2.15. The number of hydrogen-bond acceptors (Lipinski definition) is 5. The predicted octanol–water partition coefficient (Wildman–Crippen LogP) is 2.75. The summed E-state index contributed by atoms with van der Waals surface area (Å²) in [6, 6.07) is 3.68. The van der Waals surface area contributed by atoms with Gasteiger partial charge in [0.25, 0.3) is 0 Å². The molecular weight excluding hydrogens is 246 g/mol. The molecule has 0 aliphatic rings. The number of esters is 1. The maximum absolute atomic E-state index is 11.9. The van der Waals surface area contributed by atoms with Crippen molar-refractivity contribution in [3.05, 3.63) is 23.3 Å². The molecule has 5 heteroatoms. The van der Waals surface area contributed by atoms with Crippen molar-refractivity contribution in [1.82, 2.24) is 0 Å². The molecule has 0 atom stereocenters. The molecule has 5 nitrogen and oxygen atoms in total. The molecule has 0 heterocycles. The SMILES string of the molecule is CONc1cc(C(C)(C)C)cc(C(=O)OC)c1OC. The Hall–Kier alpha value is -1.75. The van der Waals surface area contributed by atoms with Gasteiger partial charge in [0.05, 0.1) is 21.3 Å². The number of carbonyl (C=O) groups excluding carboxylic acids is 1. The molecule has 1 N–H and O–H groups in total. The van der Waals surface area contributed by atoms with Crippen LogP contribution in [0.2, 0.25) is 0 Å². The first-order valence-electron chi connectivity index (χ1n) is 5.95. The van der Waals surface area contributed by atoms with Gasteiger partial charge in [0.2, 0.25) is 0 Å². The minimum atomic E-state index is -0.442. The summed E-state index contributed by atoms with van der Waals surface area (Å²) in [4.78, 5) is 16.8. The summed E-state index contributed by atoms with van der Waals surface area (Å²) in [6.45, 7) is 6.19. The van der Waals surface area contributed by atoms with E-state index >= 15 is 0 Å². The van der Waals surface area contributed by atoms with Crippen molar-refractivity contribution in [2.24, 2.45) is 0 Å². The van der Waals surface area contributed by atoms with Gasteiger partial charge in [-0.1, -0.05) is 20.8 Å². The van der Waals surface area contributed by atoms with Crippen LogP contribution in [0, 0.1) is 0 Å². The third kappa shape index (κ3) is 3.38. The second-order valence-corrected chi connectivity index (χ2v) is 5.15. The van der Waals surface area contributed by atoms with Crippen molar-refractivity contribution in [3.8, 4) is 5.75 Å². The van der Waals surface area contributed by atoms with Gasteiger partial charge in [-0.15, -0.1) is 0 Å². The Labute approximate surface area is 113 Å². The van der Waals surface area contributed by atoms with E-state index in [9.17, 15) is 4.79 Å². The normalized spacial score (nSPS) is 11.1. The van der Waals surface area contributed by atoms with Gasteiger partial charge in [-0.25, -0.2) is 4.79 Å². The van der Waals surface area contributed by atoms with Gasteiger partial charge in [0.15, 0.2) is 5.75 Å². The van der Waals surface area contributed by atoms with Crippen molar-refractivity contribution in [3.63, 3.8) is 0 Å². The highest BCUT2D eigenvalue weighted by molar-refractivity contribution is 5.95. The van der Waals surface area contributed by atoms with Crippen molar-refractivity contribution in [2.45, 2.75) is 26.2 Å². The van der Waals surface area contributed by atoms with Gasteiger partial charge in [-0.05, 0) is 23.1 Å². The minimum absolute atomic E-state index is 0.112. The lowest BCUT2D eigenvalue weighted by Gasteiger charge is -2.22. The van der Waals surface area contributed by atoms with Gasteiger partial charge < -0.3 is 9.47 Å². The summed E-state index contributed by atoms with van der Waals surface area (Å²) in [5.41, 5.74) is 4.56. The Kier molecular flexibility index (Phi) is 4.78. The Morgan fingerprint density at radius 3 is 2.21 bits per heavy atom. The molecule has 0 aliphatic carbocycles. The first kappa shape index (κ1) is 15.3. The monoisotopic (exact) mass is 267 g/mol. The van der Waals surface area contributed by atoms with E-state index in [1.807, 2.05) is 6.07 Å². The largest absolute Gasteiger partial charge is 0.494 e. The molecule has 0 fully saturated rings. The highest BCUT2D eigenvalue weighted by Crippen LogP contribution is 2.35. The van der Waals surface area contributed by atoms with Crippen molar-refractivity contribution >= 4 is 11.7 Å². The van der Waals surface area contributed by atoms with Gasteiger partial charge in [0.1, 0.15) is 11.3 Å². The number of anilines is 1. The van der Waals surface area contributed by atoms with Crippen molar-refractivity contribution in [1.29, 1.82) is 0 Å². The van der Waals surface area contributed by atoms with E-state index in [0.29, 0.717) is 17.0 Å². The van der Waals surface area contributed by atoms with Crippen LogP contribution in [0.4, 0.5) is 5.69 Å². The molecule has 19 heavy (non-hydrogen) atoms. The molecule has 0 bridgehead atoms. The molecule has 0 saturated heterocycles. The van der Waals surface area contributed by atoms with Crippen LogP contribution in [0.25, 0.3) is 0 Å². The summed E-state index contributed by atoms with van der Waals surface area (Å²) in [6.07, 6.45) is 0. The van der Waals surface area contributed by atoms with Gasteiger partial charge in [-0.3, -0.25) is 10.3 Å².